The van der Waals surface area contributed by atoms with Crippen molar-refractivity contribution in [1.29, 1.82) is 0 Å². The van der Waals surface area contributed by atoms with Gasteiger partial charge in [0, 0.05) is 18.9 Å². The number of quaternary nitrogens is 1. The lowest BCUT2D eigenvalue weighted by atomic mass is 9.70. The molecule has 0 saturated carbocycles. The van der Waals surface area contributed by atoms with E-state index in [2.05, 4.69) is 6.92 Å². The number of likely N-dealkylation sites (N-methyl/N-ethyl adjacent to an activating group) is 2. The molecule has 1 aromatic rings. The third kappa shape index (κ3) is 13.2. The summed E-state index contributed by atoms with van der Waals surface area (Å²) in [7, 11) is 7.74. The smallest absolute Gasteiger partial charge is 0.337 e. The second-order valence-electron chi connectivity index (χ2n) is 15.8. The molecule has 0 aromatic heterocycles. The van der Waals surface area contributed by atoms with Gasteiger partial charge in [-0.05, 0) is 77.9 Å². The number of piperidine rings is 1. The molecule has 296 valence electrons. The Morgan fingerprint density at radius 2 is 1.48 bits per heavy atom. The topological polar surface area (TPSA) is 116 Å². The molecule has 2 rings (SSSR count). The number of esters is 3. The summed E-state index contributed by atoms with van der Waals surface area (Å²) in [5.41, 5.74) is -0.333. The Morgan fingerprint density at radius 3 is 2.04 bits per heavy atom. The van der Waals surface area contributed by atoms with E-state index in [1.165, 1.54) is 0 Å². The Hall–Kier alpha value is -2.86. The Morgan fingerprint density at radius 1 is 0.885 bits per heavy atom. The summed E-state index contributed by atoms with van der Waals surface area (Å²) < 4.78 is 17.4. The fourth-order valence-corrected chi connectivity index (χ4v) is 6.87. The molecule has 1 aliphatic heterocycles. The van der Waals surface area contributed by atoms with Crippen LogP contribution in [0.15, 0.2) is 30.3 Å². The van der Waals surface area contributed by atoms with Crippen molar-refractivity contribution in [2.75, 3.05) is 61.1 Å². The predicted molar refractivity (Wildman–Crippen MR) is 203 cm³/mol. The summed E-state index contributed by atoms with van der Waals surface area (Å²) in [4.78, 5) is 65.0. The standard InChI is InChI=1S/C41H69N3O8/c1-12-15-23-49-37(46)33(26-30(4)32-19-17-16-18-20-32)27-34(38(47)50-24-21-42(8)9)28-36(39(48)51-25-22-43(10)11)52-44-40(6,13-2)29-35(45)31(5)41(44,7)14-3/h16-20,30-31,33-34,36H,12-15,21-29H2,1-11H3/p+1. The molecule has 1 fully saturated rings. The van der Waals surface area contributed by atoms with Crippen LogP contribution < -0.4 is 4.90 Å². The van der Waals surface area contributed by atoms with Gasteiger partial charge in [-0.25, -0.2) is 4.79 Å². The number of hydrogen-bond acceptors (Lipinski definition) is 10. The lowest BCUT2D eigenvalue weighted by Gasteiger charge is -2.56. The maximum atomic E-state index is 14.1. The molecule has 11 heteroatoms. The SMILES string of the molecule is CCCCOC(=O)C(CC(CC(ON1C(C)(CC)CC(=O)C(C)C1(C)CC)C(=O)OCCN(C)C)C(=O)OCC[NH+](C)C)CC(C)c1ccccc1. The molecule has 7 atom stereocenters. The van der Waals surface area contributed by atoms with E-state index in [4.69, 9.17) is 19.0 Å². The van der Waals surface area contributed by atoms with Gasteiger partial charge in [0.15, 0.2) is 6.10 Å². The Kier molecular flexibility index (Phi) is 18.9. The van der Waals surface area contributed by atoms with Crippen molar-refractivity contribution >= 4 is 23.7 Å². The second kappa shape index (κ2) is 21.7. The minimum Gasteiger partial charge on any atom is -0.465 e. The Balaban J connectivity index is 2.60. The molecular formula is C41H70N3O8+. The van der Waals surface area contributed by atoms with Gasteiger partial charge >= 0.3 is 17.9 Å². The number of carbonyl (C=O) groups is 4. The summed E-state index contributed by atoms with van der Waals surface area (Å²) in [5, 5.41) is 1.86. The van der Waals surface area contributed by atoms with Crippen LogP contribution in [0.4, 0.5) is 0 Å². The predicted octanol–water partition coefficient (Wildman–Crippen LogP) is 4.88. The zero-order chi connectivity index (χ0) is 39.1. The summed E-state index contributed by atoms with van der Waals surface area (Å²) in [5.74, 6) is -3.16. The molecule has 1 saturated heterocycles. The molecule has 0 amide bonds. The van der Waals surface area contributed by atoms with Crippen LogP contribution in [-0.4, -0.2) is 112 Å². The van der Waals surface area contributed by atoms with Crippen LogP contribution in [0.1, 0.15) is 111 Å². The molecule has 0 bridgehead atoms. The van der Waals surface area contributed by atoms with Gasteiger partial charge in [0.1, 0.15) is 25.5 Å². The third-order valence-electron chi connectivity index (χ3n) is 11.0. The van der Waals surface area contributed by atoms with Crippen molar-refractivity contribution in [2.24, 2.45) is 17.8 Å². The second-order valence-corrected chi connectivity index (χ2v) is 15.8. The molecule has 0 radical (unpaired) electrons. The number of benzene rings is 1. The monoisotopic (exact) mass is 733 g/mol. The number of carbonyl (C=O) groups excluding carboxylic acids is 4. The van der Waals surface area contributed by atoms with Crippen LogP contribution in [-0.2, 0) is 38.2 Å². The van der Waals surface area contributed by atoms with E-state index in [-0.39, 0.29) is 56.1 Å². The number of nitrogens with one attached hydrogen (secondary N) is 1. The molecular weight excluding hydrogens is 662 g/mol. The number of ketones is 1. The van der Waals surface area contributed by atoms with E-state index in [9.17, 15) is 19.2 Å². The molecule has 52 heavy (non-hydrogen) atoms. The van der Waals surface area contributed by atoms with Crippen molar-refractivity contribution in [3.8, 4) is 0 Å². The normalized spacial score (nSPS) is 23.2. The first-order valence-corrected chi connectivity index (χ1v) is 19.5. The lowest BCUT2D eigenvalue weighted by molar-refractivity contribution is -0.858. The molecule has 11 nitrogen and oxygen atoms in total. The lowest BCUT2D eigenvalue weighted by Crippen LogP contribution is -3.06. The van der Waals surface area contributed by atoms with Gasteiger partial charge in [0.25, 0.3) is 0 Å². The number of nitrogens with zero attached hydrogens (tertiary/aromatic N) is 2. The van der Waals surface area contributed by atoms with Gasteiger partial charge in [-0.3, -0.25) is 19.2 Å². The highest BCUT2D eigenvalue weighted by Crippen LogP contribution is 2.45. The molecule has 7 unspecified atom stereocenters. The number of rotatable bonds is 23. The van der Waals surface area contributed by atoms with Gasteiger partial charge in [-0.1, -0.05) is 71.4 Å². The van der Waals surface area contributed by atoms with E-state index in [1.54, 1.807) is 0 Å². The number of hydrogen-bond donors (Lipinski definition) is 1. The van der Waals surface area contributed by atoms with Crippen LogP contribution in [0.5, 0.6) is 0 Å². The first-order chi connectivity index (χ1) is 24.5. The fourth-order valence-electron chi connectivity index (χ4n) is 6.87. The van der Waals surface area contributed by atoms with E-state index in [0.29, 0.717) is 39.0 Å². The van der Waals surface area contributed by atoms with Gasteiger partial charge in [-0.2, -0.15) is 5.06 Å². The van der Waals surface area contributed by atoms with E-state index < -0.39 is 41.0 Å². The highest BCUT2D eigenvalue weighted by Gasteiger charge is 2.55. The summed E-state index contributed by atoms with van der Waals surface area (Å²) in [6.45, 7) is 15.8. The molecule has 1 N–H and O–H groups in total. The molecule has 0 spiro atoms. The first-order valence-electron chi connectivity index (χ1n) is 19.5. The molecule has 1 aromatic carbocycles. The summed E-state index contributed by atoms with van der Waals surface area (Å²) in [6, 6.07) is 9.97. The van der Waals surface area contributed by atoms with Gasteiger partial charge < -0.3 is 24.0 Å². The third-order valence-corrected chi connectivity index (χ3v) is 11.0. The quantitative estimate of drug-likeness (QED) is 0.0949. The zero-order valence-electron chi connectivity index (χ0n) is 34.1. The molecule has 1 aliphatic rings. The van der Waals surface area contributed by atoms with E-state index in [0.717, 1.165) is 23.3 Å². The Labute approximate surface area is 314 Å². The number of Topliss-reactive ketones (excluding diaryl/α,β-unsaturated/α-hetero) is 1. The van der Waals surface area contributed by atoms with Gasteiger partial charge in [0.05, 0.1) is 43.6 Å². The van der Waals surface area contributed by atoms with Crippen molar-refractivity contribution in [3.63, 3.8) is 0 Å². The van der Waals surface area contributed by atoms with Crippen LogP contribution in [0.25, 0.3) is 0 Å². The summed E-state index contributed by atoms with van der Waals surface area (Å²) in [6.07, 6.45) is 2.39. The maximum absolute atomic E-state index is 14.1. The molecule has 0 aliphatic carbocycles. The van der Waals surface area contributed by atoms with E-state index in [1.807, 2.05) is 110 Å². The van der Waals surface area contributed by atoms with Crippen molar-refractivity contribution in [3.05, 3.63) is 35.9 Å². The molecule has 1 heterocycles. The summed E-state index contributed by atoms with van der Waals surface area (Å²) >= 11 is 0. The number of unbranched alkanes of at least 4 members (excludes halogenated alkanes) is 1. The average Bonchev–Trinajstić information content (AvgIpc) is 3.10. The van der Waals surface area contributed by atoms with E-state index >= 15 is 0 Å². The average molecular weight is 733 g/mol. The van der Waals surface area contributed by atoms with Crippen LogP contribution >= 0.6 is 0 Å². The zero-order valence-corrected chi connectivity index (χ0v) is 34.1. The van der Waals surface area contributed by atoms with Crippen LogP contribution in [0, 0.1) is 17.8 Å². The highest BCUT2D eigenvalue weighted by atomic mass is 16.7. The van der Waals surface area contributed by atoms with Crippen LogP contribution in [0.3, 0.4) is 0 Å². The van der Waals surface area contributed by atoms with Crippen molar-refractivity contribution in [2.45, 2.75) is 123 Å². The maximum Gasteiger partial charge on any atom is 0.337 e. The minimum absolute atomic E-state index is 0.00452. The van der Waals surface area contributed by atoms with Crippen molar-refractivity contribution < 1.29 is 43.1 Å². The van der Waals surface area contributed by atoms with Crippen molar-refractivity contribution in [1.82, 2.24) is 9.96 Å². The fraction of sp³-hybridized carbons (Fsp3) is 0.756. The number of ether oxygens (including phenoxy) is 3. The van der Waals surface area contributed by atoms with Gasteiger partial charge in [0.2, 0.25) is 0 Å². The largest absolute Gasteiger partial charge is 0.465 e. The minimum atomic E-state index is -1.19. The highest BCUT2D eigenvalue weighted by molar-refractivity contribution is 5.84. The number of hydroxylamine groups is 2. The van der Waals surface area contributed by atoms with Gasteiger partial charge in [-0.15, -0.1) is 0 Å². The Bertz CT molecular complexity index is 1260. The first kappa shape index (κ1) is 45.3. The van der Waals surface area contributed by atoms with Crippen LogP contribution in [0.2, 0.25) is 0 Å².